The highest BCUT2D eigenvalue weighted by atomic mass is 79.9. The van der Waals surface area contributed by atoms with Gasteiger partial charge in [0.05, 0.1) is 6.21 Å². The van der Waals surface area contributed by atoms with Crippen LogP contribution in [0.15, 0.2) is 58.1 Å². The molecular formula is C16H13BrFN3O2. The Balaban J connectivity index is 1.78. The molecule has 0 fully saturated rings. The van der Waals surface area contributed by atoms with Crippen LogP contribution in [0, 0.1) is 5.82 Å². The van der Waals surface area contributed by atoms with Crippen LogP contribution in [-0.4, -0.2) is 18.0 Å². The van der Waals surface area contributed by atoms with Gasteiger partial charge in [0.1, 0.15) is 12.2 Å². The Hall–Kier alpha value is -2.54. The maximum atomic E-state index is 12.7. The van der Waals surface area contributed by atoms with E-state index in [2.05, 4.69) is 31.8 Å². The predicted molar refractivity (Wildman–Crippen MR) is 89.5 cm³/mol. The molecule has 0 atom stereocenters. The Labute approximate surface area is 140 Å². The van der Waals surface area contributed by atoms with E-state index in [0.29, 0.717) is 5.69 Å². The van der Waals surface area contributed by atoms with Crippen molar-refractivity contribution in [2.75, 3.05) is 5.32 Å². The second-order valence-corrected chi connectivity index (χ2v) is 5.49. The molecule has 0 aromatic heterocycles. The monoisotopic (exact) mass is 377 g/mol. The lowest BCUT2D eigenvalue weighted by Crippen LogP contribution is -2.24. The zero-order valence-electron chi connectivity index (χ0n) is 11.9. The van der Waals surface area contributed by atoms with Crippen molar-refractivity contribution in [2.45, 2.75) is 6.42 Å². The molecule has 0 saturated carbocycles. The van der Waals surface area contributed by atoms with Crippen LogP contribution >= 0.6 is 15.9 Å². The van der Waals surface area contributed by atoms with E-state index < -0.39 is 17.6 Å². The van der Waals surface area contributed by atoms with E-state index in [9.17, 15) is 14.0 Å². The number of anilines is 1. The van der Waals surface area contributed by atoms with Crippen molar-refractivity contribution in [2.24, 2.45) is 5.10 Å². The van der Waals surface area contributed by atoms with Gasteiger partial charge < -0.3 is 5.32 Å². The smallest absolute Gasteiger partial charge is 0.249 e. The first kappa shape index (κ1) is 16.8. The van der Waals surface area contributed by atoms with Gasteiger partial charge in [0.15, 0.2) is 0 Å². The molecule has 2 rings (SSSR count). The van der Waals surface area contributed by atoms with Crippen LogP contribution < -0.4 is 10.7 Å². The number of halogens is 2. The van der Waals surface area contributed by atoms with E-state index >= 15 is 0 Å². The normalized spacial score (nSPS) is 10.5. The molecule has 0 heterocycles. The van der Waals surface area contributed by atoms with Gasteiger partial charge in [-0.25, -0.2) is 9.82 Å². The number of rotatable bonds is 5. The summed E-state index contributed by atoms with van der Waals surface area (Å²) >= 11 is 3.32. The molecule has 0 bridgehead atoms. The minimum atomic E-state index is -0.544. The van der Waals surface area contributed by atoms with Crippen molar-refractivity contribution in [3.8, 4) is 0 Å². The van der Waals surface area contributed by atoms with E-state index in [1.54, 1.807) is 0 Å². The molecular weight excluding hydrogens is 365 g/mol. The topological polar surface area (TPSA) is 70.6 Å². The second-order valence-electron chi connectivity index (χ2n) is 4.58. The quantitative estimate of drug-likeness (QED) is 0.477. The summed E-state index contributed by atoms with van der Waals surface area (Å²) in [6, 6.07) is 12.6. The Morgan fingerprint density at radius 1 is 1.04 bits per heavy atom. The number of nitrogens with one attached hydrogen (secondary N) is 2. The Bertz CT molecular complexity index is 715. The van der Waals surface area contributed by atoms with Gasteiger partial charge in [-0.15, -0.1) is 0 Å². The van der Waals surface area contributed by atoms with E-state index in [4.69, 9.17) is 0 Å². The molecule has 5 nitrogen and oxygen atoms in total. The van der Waals surface area contributed by atoms with Gasteiger partial charge in [-0.05, 0) is 42.0 Å². The van der Waals surface area contributed by atoms with Gasteiger partial charge >= 0.3 is 0 Å². The van der Waals surface area contributed by atoms with E-state index in [1.165, 1.54) is 30.5 Å². The molecule has 2 amide bonds. The van der Waals surface area contributed by atoms with Crippen LogP contribution in [0.25, 0.3) is 0 Å². The maximum Gasteiger partial charge on any atom is 0.249 e. The second kappa shape index (κ2) is 8.19. The van der Waals surface area contributed by atoms with Crippen molar-refractivity contribution in [3.05, 3.63) is 64.4 Å². The van der Waals surface area contributed by atoms with Crippen molar-refractivity contribution < 1.29 is 14.0 Å². The lowest BCUT2D eigenvalue weighted by molar-refractivity contribution is -0.126. The number of hydrogen-bond donors (Lipinski definition) is 2. The molecule has 2 aromatic rings. The first-order valence-electron chi connectivity index (χ1n) is 6.66. The van der Waals surface area contributed by atoms with E-state index in [1.807, 2.05) is 24.3 Å². The molecule has 0 aliphatic heterocycles. The predicted octanol–water partition coefficient (Wildman–Crippen LogP) is 3.07. The first-order valence-corrected chi connectivity index (χ1v) is 7.45. The van der Waals surface area contributed by atoms with Gasteiger partial charge in [0, 0.05) is 10.2 Å². The summed E-state index contributed by atoms with van der Waals surface area (Å²) in [5.41, 5.74) is 3.50. The summed E-state index contributed by atoms with van der Waals surface area (Å²) in [6.07, 6.45) is 1.09. The summed E-state index contributed by atoms with van der Waals surface area (Å²) in [5, 5.41) is 6.26. The van der Waals surface area contributed by atoms with Crippen molar-refractivity contribution in [3.63, 3.8) is 0 Å². The van der Waals surface area contributed by atoms with Gasteiger partial charge in [0.25, 0.3) is 0 Å². The molecule has 118 valence electrons. The SMILES string of the molecule is O=C(CC(=O)Nc1ccc(F)cc1)NN=Cc1ccc(Br)cc1. The van der Waals surface area contributed by atoms with Crippen LogP contribution in [0.4, 0.5) is 10.1 Å². The van der Waals surface area contributed by atoms with Crippen molar-refractivity contribution in [1.29, 1.82) is 0 Å². The molecule has 0 spiro atoms. The van der Waals surface area contributed by atoms with Gasteiger partial charge in [-0.1, -0.05) is 28.1 Å². The fraction of sp³-hybridized carbons (Fsp3) is 0.0625. The van der Waals surface area contributed by atoms with Gasteiger partial charge in [0.2, 0.25) is 11.8 Å². The molecule has 7 heteroatoms. The number of amides is 2. The third-order valence-electron chi connectivity index (χ3n) is 2.72. The molecule has 0 unspecified atom stereocenters. The number of carbonyl (C=O) groups excluding carboxylic acids is 2. The third-order valence-corrected chi connectivity index (χ3v) is 3.25. The van der Waals surface area contributed by atoms with Crippen LogP contribution in [0.2, 0.25) is 0 Å². The van der Waals surface area contributed by atoms with Crippen LogP contribution in [0.3, 0.4) is 0 Å². The lowest BCUT2D eigenvalue weighted by Gasteiger charge is -2.04. The summed E-state index contributed by atoms with van der Waals surface area (Å²) in [4.78, 5) is 23.2. The number of hydrogen-bond acceptors (Lipinski definition) is 3. The number of nitrogens with zero attached hydrogens (tertiary/aromatic N) is 1. The Kier molecular flexibility index (Phi) is 5.99. The molecule has 23 heavy (non-hydrogen) atoms. The summed E-state index contributed by atoms with van der Waals surface area (Å²) < 4.78 is 13.7. The van der Waals surface area contributed by atoms with E-state index in [0.717, 1.165) is 10.0 Å². The summed E-state index contributed by atoms with van der Waals surface area (Å²) in [5.74, 6) is -1.45. The fourth-order valence-electron chi connectivity index (χ4n) is 1.65. The minimum absolute atomic E-state index is 0.380. The van der Waals surface area contributed by atoms with Gasteiger partial charge in [-0.3, -0.25) is 9.59 Å². The van der Waals surface area contributed by atoms with Crippen molar-refractivity contribution in [1.82, 2.24) is 5.43 Å². The largest absolute Gasteiger partial charge is 0.326 e. The molecule has 0 saturated heterocycles. The number of carbonyl (C=O) groups is 2. The maximum absolute atomic E-state index is 12.7. The zero-order chi connectivity index (χ0) is 16.7. The zero-order valence-corrected chi connectivity index (χ0v) is 13.5. The third kappa shape index (κ3) is 5.99. The molecule has 0 aliphatic carbocycles. The Morgan fingerprint density at radius 2 is 1.70 bits per heavy atom. The Morgan fingerprint density at radius 3 is 2.35 bits per heavy atom. The molecule has 0 aliphatic rings. The van der Waals surface area contributed by atoms with Crippen molar-refractivity contribution >= 4 is 39.6 Å². The fourth-order valence-corrected chi connectivity index (χ4v) is 1.92. The highest BCUT2D eigenvalue weighted by Crippen LogP contribution is 2.09. The molecule has 2 aromatic carbocycles. The highest BCUT2D eigenvalue weighted by Gasteiger charge is 2.08. The van der Waals surface area contributed by atoms with Crippen LogP contribution in [0.5, 0.6) is 0 Å². The van der Waals surface area contributed by atoms with Gasteiger partial charge in [-0.2, -0.15) is 5.10 Å². The lowest BCUT2D eigenvalue weighted by atomic mass is 10.2. The number of benzene rings is 2. The average Bonchev–Trinajstić information content (AvgIpc) is 2.51. The number of hydrazone groups is 1. The standard InChI is InChI=1S/C16H13BrFN3O2/c17-12-3-1-11(2-4-12)10-19-21-16(23)9-15(22)20-14-7-5-13(18)6-8-14/h1-8,10H,9H2,(H,20,22)(H,21,23). The first-order chi connectivity index (χ1) is 11.0. The summed E-state index contributed by atoms with van der Waals surface area (Å²) in [6.45, 7) is 0. The van der Waals surface area contributed by atoms with E-state index in [-0.39, 0.29) is 6.42 Å². The van der Waals surface area contributed by atoms with Crippen LogP contribution in [0.1, 0.15) is 12.0 Å². The molecule has 0 radical (unpaired) electrons. The highest BCUT2D eigenvalue weighted by molar-refractivity contribution is 9.10. The molecule has 2 N–H and O–H groups in total. The summed E-state index contributed by atoms with van der Waals surface area (Å²) in [7, 11) is 0. The van der Waals surface area contributed by atoms with Crippen LogP contribution in [-0.2, 0) is 9.59 Å². The average molecular weight is 378 g/mol. The minimum Gasteiger partial charge on any atom is -0.326 e.